The third-order valence-corrected chi connectivity index (χ3v) is 5.58. The van der Waals surface area contributed by atoms with Crippen LogP contribution >= 0.6 is 34.5 Å². The van der Waals surface area contributed by atoms with Crippen LogP contribution in [0.15, 0.2) is 30.6 Å². The molecular formula is C16H12Cl2FN3OS. The summed E-state index contributed by atoms with van der Waals surface area (Å²) >= 11 is 13.7. The molecule has 4 heterocycles. The molecular weight excluding hydrogens is 372 g/mol. The Morgan fingerprint density at radius 3 is 2.83 bits per heavy atom. The van der Waals surface area contributed by atoms with Crippen LogP contribution in [0.2, 0.25) is 9.36 Å². The highest BCUT2D eigenvalue weighted by Crippen LogP contribution is 2.33. The van der Waals surface area contributed by atoms with Gasteiger partial charge in [-0.3, -0.25) is 9.78 Å². The lowest BCUT2D eigenvalue weighted by atomic mass is 10.2. The molecule has 1 saturated heterocycles. The standard InChI is InChI=1S/C16H12Cl2FN3OS/c17-11-7-21(8-15(23)22-5-10(19)6-22)12-3-9(4-20-16(11)12)13-1-2-14(18)24-13/h1-4,7,10H,5-6,8H2. The largest absolute Gasteiger partial charge is 0.335 e. The zero-order valence-corrected chi connectivity index (χ0v) is 14.7. The molecule has 1 amide bonds. The summed E-state index contributed by atoms with van der Waals surface area (Å²) in [5.41, 5.74) is 2.33. The Balaban J connectivity index is 1.68. The quantitative estimate of drug-likeness (QED) is 0.677. The molecule has 0 spiro atoms. The lowest BCUT2D eigenvalue weighted by molar-refractivity contribution is -0.138. The van der Waals surface area contributed by atoms with E-state index in [1.165, 1.54) is 16.2 Å². The molecule has 3 aromatic heterocycles. The number of alkyl halides is 1. The van der Waals surface area contributed by atoms with Crippen LogP contribution in [0.4, 0.5) is 4.39 Å². The van der Waals surface area contributed by atoms with E-state index in [9.17, 15) is 9.18 Å². The third kappa shape index (κ3) is 2.79. The number of thiophene rings is 1. The molecule has 0 saturated carbocycles. The molecule has 0 unspecified atom stereocenters. The first-order valence-electron chi connectivity index (χ1n) is 7.33. The maximum absolute atomic E-state index is 12.9. The minimum Gasteiger partial charge on any atom is -0.335 e. The summed E-state index contributed by atoms with van der Waals surface area (Å²) in [6.45, 7) is 0.457. The van der Waals surface area contributed by atoms with Crippen LogP contribution in [-0.2, 0) is 11.3 Å². The van der Waals surface area contributed by atoms with E-state index in [2.05, 4.69) is 4.98 Å². The second kappa shape index (κ2) is 6.02. The maximum Gasteiger partial charge on any atom is 0.242 e. The van der Waals surface area contributed by atoms with Gasteiger partial charge in [0.05, 0.1) is 28.0 Å². The van der Waals surface area contributed by atoms with Crippen LogP contribution in [0, 0.1) is 0 Å². The molecule has 1 fully saturated rings. The molecule has 1 aliphatic heterocycles. The van der Waals surface area contributed by atoms with Gasteiger partial charge in [0, 0.05) is 22.8 Å². The van der Waals surface area contributed by atoms with E-state index in [0.717, 1.165) is 16.0 Å². The van der Waals surface area contributed by atoms with Crippen molar-refractivity contribution >= 4 is 51.5 Å². The van der Waals surface area contributed by atoms with Gasteiger partial charge >= 0.3 is 0 Å². The summed E-state index contributed by atoms with van der Waals surface area (Å²) in [5.74, 6) is -0.123. The molecule has 124 valence electrons. The highest BCUT2D eigenvalue weighted by Gasteiger charge is 2.30. The Kier molecular flexibility index (Phi) is 3.98. The zero-order chi connectivity index (χ0) is 16.8. The number of amides is 1. The minimum atomic E-state index is -0.907. The van der Waals surface area contributed by atoms with Crippen molar-refractivity contribution in [2.45, 2.75) is 12.7 Å². The van der Waals surface area contributed by atoms with Gasteiger partial charge in [0.15, 0.2) is 0 Å². The molecule has 0 aliphatic carbocycles. The van der Waals surface area contributed by atoms with Crippen LogP contribution < -0.4 is 0 Å². The normalized spacial score (nSPS) is 15.0. The molecule has 3 aromatic rings. The van der Waals surface area contributed by atoms with Crippen molar-refractivity contribution in [3.05, 3.63) is 40.0 Å². The van der Waals surface area contributed by atoms with Crippen molar-refractivity contribution < 1.29 is 9.18 Å². The fourth-order valence-electron chi connectivity index (χ4n) is 2.73. The fraction of sp³-hybridized carbons (Fsp3) is 0.250. The second-order valence-corrected chi connectivity index (χ2v) is 7.82. The predicted molar refractivity (Wildman–Crippen MR) is 94.5 cm³/mol. The SMILES string of the molecule is O=C(Cn1cc(Cl)c2ncc(-c3ccc(Cl)s3)cc21)N1CC(F)C1. The minimum absolute atomic E-state index is 0.117. The summed E-state index contributed by atoms with van der Waals surface area (Å²) in [6.07, 6.45) is 2.52. The molecule has 0 radical (unpaired) electrons. The number of aromatic nitrogens is 2. The summed E-state index contributed by atoms with van der Waals surface area (Å²) in [7, 11) is 0. The van der Waals surface area contributed by atoms with Gasteiger partial charge in [-0.05, 0) is 18.2 Å². The summed E-state index contributed by atoms with van der Waals surface area (Å²) in [6, 6.07) is 5.70. The van der Waals surface area contributed by atoms with E-state index in [0.29, 0.717) is 14.9 Å². The van der Waals surface area contributed by atoms with E-state index in [1.54, 1.807) is 17.0 Å². The van der Waals surface area contributed by atoms with Gasteiger partial charge in [-0.2, -0.15) is 0 Å². The molecule has 24 heavy (non-hydrogen) atoms. The zero-order valence-electron chi connectivity index (χ0n) is 12.4. The van der Waals surface area contributed by atoms with E-state index < -0.39 is 6.17 Å². The molecule has 0 aromatic carbocycles. The van der Waals surface area contributed by atoms with Gasteiger partial charge in [-0.1, -0.05) is 23.2 Å². The Labute approximate surface area is 151 Å². The number of hydrogen-bond donors (Lipinski definition) is 0. The number of fused-ring (bicyclic) bond motifs is 1. The molecule has 4 rings (SSSR count). The van der Waals surface area contributed by atoms with E-state index in [1.807, 2.05) is 18.2 Å². The number of pyridine rings is 1. The fourth-order valence-corrected chi connectivity index (χ4v) is 4.02. The Morgan fingerprint density at radius 1 is 1.38 bits per heavy atom. The third-order valence-electron chi connectivity index (χ3n) is 4.03. The summed E-state index contributed by atoms with van der Waals surface area (Å²) in [5, 5.41) is 0.487. The van der Waals surface area contributed by atoms with Gasteiger partial charge in [-0.15, -0.1) is 11.3 Å². The molecule has 0 bridgehead atoms. The highest BCUT2D eigenvalue weighted by molar-refractivity contribution is 7.19. The van der Waals surface area contributed by atoms with E-state index in [-0.39, 0.29) is 25.5 Å². The van der Waals surface area contributed by atoms with Gasteiger partial charge < -0.3 is 9.47 Å². The van der Waals surface area contributed by atoms with Crippen molar-refractivity contribution in [3.63, 3.8) is 0 Å². The van der Waals surface area contributed by atoms with E-state index in [4.69, 9.17) is 23.2 Å². The number of likely N-dealkylation sites (tertiary alicyclic amines) is 1. The lowest BCUT2D eigenvalue weighted by Crippen LogP contribution is -2.52. The van der Waals surface area contributed by atoms with Crippen molar-refractivity contribution in [1.82, 2.24) is 14.5 Å². The lowest BCUT2D eigenvalue weighted by Gasteiger charge is -2.34. The smallest absolute Gasteiger partial charge is 0.242 e. The van der Waals surface area contributed by atoms with Crippen molar-refractivity contribution in [1.29, 1.82) is 0 Å². The molecule has 4 nitrogen and oxygen atoms in total. The maximum atomic E-state index is 12.9. The van der Waals surface area contributed by atoms with Gasteiger partial charge in [0.1, 0.15) is 18.2 Å². The predicted octanol–water partition coefficient (Wildman–Crippen LogP) is 4.25. The number of halogens is 3. The molecule has 0 N–H and O–H groups in total. The van der Waals surface area contributed by atoms with E-state index >= 15 is 0 Å². The van der Waals surface area contributed by atoms with Crippen LogP contribution in [0.3, 0.4) is 0 Å². The number of carbonyl (C=O) groups excluding carboxylic acids is 1. The van der Waals surface area contributed by atoms with Gasteiger partial charge in [0.2, 0.25) is 5.91 Å². The second-order valence-electron chi connectivity index (χ2n) is 5.70. The van der Waals surface area contributed by atoms with Gasteiger partial charge in [0.25, 0.3) is 0 Å². The molecule has 8 heteroatoms. The van der Waals surface area contributed by atoms with Crippen LogP contribution in [0.25, 0.3) is 21.5 Å². The number of hydrogen-bond acceptors (Lipinski definition) is 3. The average Bonchev–Trinajstić information content (AvgIpc) is 3.08. The Hall–Kier alpha value is -1.63. The van der Waals surface area contributed by atoms with Crippen molar-refractivity contribution in [2.24, 2.45) is 0 Å². The van der Waals surface area contributed by atoms with Crippen LogP contribution in [0.5, 0.6) is 0 Å². The number of carbonyl (C=O) groups is 1. The Bertz CT molecular complexity index is 933. The number of rotatable bonds is 3. The highest BCUT2D eigenvalue weighted by atomic mass is 35.5. The Morgan fingerprint density at radius 2 is 2.17 bits per heavy atom. The monoisotopic (exact) mass is 383 g/mol. The van der Waals surface area contributed by atoms with Crippen LogP contribution in [0.1, 0.15) is 0 Å². The molecule has 0 atom stereocenters. The molecule has 1 aliphatic rings. The summed E-state index contributed by atoms with van der Waals surface area (Å²) < 4.78 is 15.4. The first-order valence-corrected chi connectivity index (χ1v) is 8.90. The van der Waals surface area contributed by atoms with Crippen LogP contribution in [-0.4, -0.2) is 39.6 Å². The van der Waals surface area contributed by atoms with Gasteiger partial charge in [-0.25, -0.2) is 4.39 Å². The van der Waals surface area contributed by atoms with Crippen molar-refractivity contribution in [2.75, 3.05) is 13.1 Å². The first-order chi connectivity index (χ1) is 11.5. The van der Waals surface area contributed by atoms with Crippen molar-refractivity contribution in [3.8, 4) is 10.4 Å². The average molecular weight is 384 g/mol. The summed E-state index contributed by atoms with van der Waals surface area (Å²) in [4.78, 5) is 19.1. The first kappa shape index (κ1) is 15.9. The number of nitrogens with zero attached hydrogens (tertiary/aromatic N) is 3. The topological polar surface area (TPSA) is 38.1 Å².